The molecule has 1 aliphatic heterocycles. The molecular weight excluding hydrogens is 376 g/mol. The van der Waals surface area contributed by atoms with Gasteiger partial charge in [0.1, 0.15) is 5.82 Å². The highest BCUT2D eigenvalue weighted by Crippen LogP contribution is 2.26. The smallest absolute Gasteiger partial charge is 0.317 e. The molecule has 3 aromatic heterocycles. The lowest BCUT2D eigenvalue weighted by Crippen LogP contribution is -2.56. The number of aliphatic hydroxyl groups is 1. The van der Waals surface area contributed by atoms with Crippen LogP contribution >= 0.6 is 0 Å². The van der Waals surface area contributed by atoms with Crippen LogP contribution in [0.1, 0.15) is 21.9 Å². The van der Waals surface area contributed by atoms with E-state index in [4.69, 9.17) is 0 Å². The Labute approximate surface area is 165 Å². The molecular formula is C18H20N8O3. The molecule has 0 bridgehead atoms. The minimum atomic E-state index is -1.31. The quantitative estimate of drug-likeness (QED) is 0.461. The first-order valence-electron chi connectivity index (χ1n) is 8.90. The van der Waals surface area contributed by atoms with E-state index < -0.39 is 17.8 Å². The van der Waals surface area contributed by atoms with Crippen LogP contribution in [-0.4, -0.2) is 54.1 Å². The van der Waals surface area contributed by atoms with E-state index in [1.807, 2.05) is 0 Å². The van der Waals surface area contributed by atoms with Crippen molar-refractivity contribution in [2.45, 2.75) is 18.7 Å². The Morgan fingerprint density at radius 3 is 2.72 bits per heavy atom. The fourth-order valence-corrected chi connectivity index (χ4v) is 3.44. The number of hydrogen-bond acceptors (Lipinski definition) is 6. The highest BCUT2D eigenvalue weighted by molar-refractivity contribution is 5.95. The molecule has 11 nitrogen and oxygen atoms in total. The second-order valence-electron chi connectivity index (χ2n) is 6.78. The predicted molar refractivity (Wildman–Crippen MR) is 101 cm³/mol. The molecule has 3 aromatic rings. The maximum atomic E-state index is 12.8. The summed E-state index contributed by atoms with van der Waals surface area (Å²) >= 11 is 0. The van der Waals surface area contributed by atoms with Gasteiger partial charge in [-0.15, -0.1) is 0 Å². The molecule has 2 atom stereocenters. The molecule has 2 unspecified atom stereocenters. The number of carbonyl (C=O) groups excluding carboxylic acids is 2. The first kappa shape index (κ1) is 18.6. The number of carbonyl (C=O) groups is 2. The maximum absolute atomic E-state index is 12.8. The van der Waals surface area contributed by atoms with Crippen molar-refractivity contribution in [3.8, 4) is 5.69 Å². The summed E-state index contributed by atoms with van der Waals surface area (Å²) in [6.45, 7) is 1.71. The molecule has 1 aliphatic rings. The Hall–Kier alpha value is -3.73. The third kappa shape index (κ3) is 3.10. The van der Waals surface area contributed by atoms with Gasteiger partial charge in [0, 0.05) is 31.8 Å². The van der Waals surface area contributed by atoms with E-state index in [9.17, 15) is 14.7 Å². The third-order valence-electron chi connectivity index (χ3n) is 4.98. The van der Waals surface area contributed by atoms with Gasteiger partial charge in [-0.25, -0.2) is 14.5 Å². The van der Waals surface area contributed by atoms with Crippen LogP contribution in [0.15, 0.2) is 43.1 Å². The van der Waals surface area contributed by atoms with Crippen molar-refractivity contribution in [2.24, 2.45) is 7.05 Å². The number of imidazole rings is 1. The second-order valence-corrected chi connectivity index (χ2v) is 6.78. The van der Waals surface area contributed by atoms with E-state index >= 15 is 0 Å². The third-order valence-corrected chi connectivity index (χ3v) is 4.98. The Balaban J connectivity index is 1.58. The number of amides is 3. The number of rotatable bonds is 5. The Bertz CT molecular complexity index is 1060. The normalized spacial score (nSPS) is 20.9. The molecule has 4 heterocycles. The molecule has 0 aliphatic carbocycles. The number of hydrogen-bond donors (Lipinski definition) is 4. The summed E-state index contributed by atoms with van der Waals surface area (Å²) in [6, 6.07) is 3.03. The molecule has 29 heavy (non-hydrogen) atoms. The average molecular weight is 396 g/mol. The highest BCUT2D eigenvalue weighted by atomic mass is 16.3. The molecule has 11 heteroatoms. The average Bonchev–Trinajstić information content (AvgIpc) is 3.38. The minimum Gasteiger partial charge on any atom is -0.371 e. The van der Waals surface area contributed by atoms with E-state index in [1.54, 1.807) is 60.1 Å². The summed E-state index contributed by atoms with van der Waals surface area (Å²) in [4.78, 5) is 32.9. The number of aryl methyl sites for hydroxylation is 1. The molecule has 0 aromatic carbocycles. The van der Waals surface area contributed by atoms with E-state index in [2.05, 4.69) is 31.0 Å². The fourth-order valence-electron chi connectivity index (χ4n) is 3.44. The topological polar surface area (TPSA) is 139 Å². The van der Waals surface area contributed by atoms with Crippen LogP contribution < -0.4 is 16.0 Å². The number of pyridine rings is 1. The summed E-state index contributed by atoms with van der Waals surface area (Å²) in [5, 5.41) is 22.6. The van der Waals surface area contributed by atoms with Gasteiger partial charge >= 0.3 is 6.03 Å². The monoisotopic (exact) mass is 396 g/mol. The van der Waals surface area contributed by atoms with E-state index in [-0.39, 0.29) is 12.5 Å². The molecule has 1 saturated heterocycles. The molecule has 1 fully saturated rings. The van der Waals surface area contributed by atoms with Gasteiger partial charge in [0.25, 0.3) is 5.91 Å². The lowest BCUT2D eigenvalue weighted by Gasteiger charge is -2.30. The van der Waals surface area contributed by atoms with Crippen LogP contribution in [0.25, 0.3) is 5.69 Å². The zero-order valence-electron chi connectivity index (χ0n) is 15.8. The molecule has 150 valence electrons. The lowest BCUT2D eigenvalue weighted by atomic mass is 9.97. The van der Waals surface area contributed by atoms with Crippen molar-refractivity contribution < 1.29 is 14.7 Å². The van der Waals surface area contributed by atoms with E-state index in [0.717, 1.165) is 5.69 Å². The van der Waals surface area contributed by atoms with E-state index in [0.29, 0.717) is 17.1 Å². The fraction of sp³-hybridized carbons (Fsp3) is 0.278. The van der Waals surface area contributed by atoms with Gasteiger partial charge in [0.2, 0.25) is 0 Å². The van der Waals surface area contributed by atoms with Crippen molar-refractivity contribution in [1.29, 1.82) is 0 Å². The van der Waals surface area contributed by atoms with Gasteiger partial charge in [-0.05, 0) is 19.1 Å². The number of nitrogens with zero attached hydrogens (tertiary/aromatic N) is 5. The summed E-state index contributed by atoms with van der Waals surface area (Å²) in [5.41, 5.74) is 0.501. The molecule has 4 rings (SSSR count). The van der Waals surface area contributed by atoms with Gasteiger partial charge in [-0.1, -0.05) is 0 Å². The molecule has 3 amide bonds. The van der Waals surface area contributed by atoms with Crippen LogP contribution in [0.4, 0.5) is 4.79 Å². The summed E-state index contributed by atoms with van der Waals surface area (Å²) in [6.07, 6.45) is 6.74. The van der Waals surface area contributed by atoms with E-state index in [1.165, 1.54) is 6.20 Å². The molecule has 0 saturated carbocycles. The van der Waals surface area contributed by atoms with Crippen molar-refractivity contribution in [2.75, 3.05) is 6.54 Å². The Morgan fingerprint density at radius 2 is 2.10 bits per heavy atom. The minimum absolute atomic E-state index is 0.0729. The largest absolute Gasteiger partial charge is 0.371 e. The van der Waals surface area contributed by atoms with Gasteiger partial charge in [0.05, 0.1) is 29.7 Å². The number of urea groups is 1. The van der Waals surface area contributed by atoms with Crippen LogP contribution in [0, 0.1) is 6.92 Å². The van der Waals surface area contributed by atoms with Gasteiger partial charge in [0.15, 0.2) is 11.8 Å². The van der Waals surface area contributed by atoms with Crippen molar-refractivity contribution in [1.82, 2.24) is 40.3 Å². The molecule has 0 radical (unpaired) electrons. The molecule has 0 spiro atoms. The van der Waals surface area contributed by atoms with Crippen LogP contribution in [0.2, 0.25) is 0 Å². The lowest BCUT2D eigenvalue weighted by molar-refractivity contribution is 0.0675. The second kappa shape index (κ2) is 7.02. The van der Waals surface area contributed by atoms with Gasteiger partial charge in [-0.3, -0.25) is 9.78 Å². The first-order valence-corrected chi connectivity index (χ1v) is 8.90. The predicted octanol–water partition coefficient (Wildman–Crippen LogP) is -0.434. The van der Waals surface area contributed by atoms with Crippen molar-refractivity contribution in [3.05, 3.63) is 60.2 Å². The zero-order chi connectivity index (χ0) is 20.6. The SMILES string of the molecule is Cc1c(C(=O)NCC2(c3nccn3C)NC(=O)NC2O)cnn1-c1ccncc1. The van der Waals surface area contributed by atoms with Crippen molar-refractivity contribution in [3.63, 3.8) is 0 Å². The maximum Gasteiger partial charge on any atom is 0.317 e. The zero-order valence-corrected chi connectivity index (χ0v) is 15.8. The Kier molecular flexibility index (Phi) is 4.51. The first-order chi connectivity index (χ1) is 13.9. The summed E-state index contributed by atoms with van der Waals surface area (Å²) < 4.78 is 3.31. The van der Waals surface area contributed by atoms with Crippen LogP contribution in [0.5, 0.6) is 0 Å². The highest BCUT2D eigenvalue weighted by Gasteiger charge is 2.50. The Morgan fingerprint density at radius 1 is 1.34 bits per heavy atom. The summed E-state index contributed by atoms with van der Waals surface area (Å²) in [5.74, 6) is 0.0255. The van der Waals surface area contributed by atoms with Crippen molar-refractivity contribution >= 4 is 11.9 Å². The number of aromatic nitrogens is 5. The molecule has 4 N–H and O–H groups in total. The number of aliphatic hydroxyl groups excluding tert-OH is 1. The number of nitrogens with one attached hydrogen (secondary N) is 3. The van der Waals surface area contributed by atoms with Crippen LogP contribution in [-0.2, 0) is 12.6 Å². The standard InChI is InChI=1S/C18H20N8O3/c1-11-13(9-22-26(11)12-3-5-19-6-4-12)14(27)21-10-18(15-20-7-8-25(15)2)16(28)23-17(29)24-18/h3-9,16,28H,10H2,1-2H3,(H,21,27)(H2,23,24,29). The summed E-state index contributed by atoms with van der Waals surface area (Å²) in [7, 11) is 1.74. The van der Waals surface area contributed by atoms with Gasteiger partial charge in [-0.2, -0.15) is 5.10 Å². The van der Waals surface area contributed by atoms with Crippen LogP contribution in [0.3, 0.4) is 0 Å². The van der Waals surface area contributed by atoms with Gasteiger partial charge < -0.3 is 25.6 Å².